The van der Waals surface area contributed by atoms with Gasteiger partial charge in [0.15, 0.2) is 0 Å². The Balaban J connectivity index is 0.000001000. The normalized spacial score (nSPS) is 36.0. The van der Waals surface area contributed by atoms with Crippen molar-refractivity contribution in [2.24, 2.45) is 17.1 Å². The zero-order chi connectivity index (χ0) is 7.78. The number of nitrogens with two attached hydrogens (primary N) is 1. The molecule has 2 unspecified atom stereocenters. The zero-order valence-corrected chi connectivity index (χ0v) is 8.58. The molecule has 0 aromatic rings. The van der Waals surface area contributed by atoms with Gasteiger partial charge in [0, 0.05) is 6.04 Å². The molecule has 2 heteroatoms. The van der Waals surface area contributed by atoms with E-state index < -0.39 is 0 Å². The van der Waals surface area contributed by atoms with Gasteiger partial charge in [-0.2, -0.15) is 0 Å². The topological polar surface area (TPSA) is 26.0 Å². The summed E-state index contributed by atoms with van der Waals surface area (Å²) in [6.45, 7) is 6.95. The second-order valence-corrected chi connectivity index (χ2v) is 4.67. The van der Waals surface area contributed by atoms with Crippen LogP contribution in [0, 0.1) is 11.3 Å². The van der Waals surface area contributed by atoms with Gasteiger partial charge in [0.1, 0.15) is 0 Å². The largest absolute Gasteiger partial charge is 0.328 e. The molecule has 0 aromatic heterocycles. The Hall–Kier alpha value is 0.250. The highest BCUT2D eigenvalue weighted by molar-refractivity contribution is 5.85. The molecule has 2 atom stereocenters. The fourth-order valence-corrected chi connectivity index (χ4v) is 2.42. The summed E-state index contributed by atoms with van der Waals surface area (Å²) in [5.74, 6) is 0.832. The molecule has 0 bridgehead atoms. The molecule has 0 spiro atoms. The van der Waals surface area contributed by atoms with Crippen molar-refractivity contribution in [1.82, 2.24) is 0 Å². The summed E-state index contributed by atoms with van der Waals surface area (Å²) in [6.07, 6.45) is 3.78. The van der Waals surface area contributed by atoms with Gasteiger partial charge in [-0.05, 0) is 30.6 Å². The number of halogens is 1. The van der Waals surface area contributed by atoms with E-state index in [-0.39, 0.29) is 12.4 Å². The molecule has 0 amide bonds. The van der Waals surface area contributed by atoms with Gasteiger partial charge in [-0.1, -0.05) is 20.8 Å². The minimum atomic E-state index is 0. The summed E-state index contributed by atoms with van der Waals surface area (Å²) in [5.41, 5.74) is 6.40. The van der Waals surface area contributed by atoms with Crippen molar-refractivity contribution in [2.75, 3.05) is 0 Å². The monoisotopic (exact) mass is 177 g/mol. The second kappa shape index (κ2) is 3.77. The molecule has 1 fully saturated rings. The van der Waals surface area contributed by atoms with Crippen LogP contribution in [0.3, 0.4) is 0 Å². The van der Waals surface area contributed by atoms with Gasteiger partial charge >= 0.3 is 0 Å². The standard InChI is InChI=1S/C9H19N.ClH/c1-7-4-8(10)6-9(2,3)5-7;/h7-8H,4-6,10H2,1-3H3;1H. The van der Waals surface area contributed by atoms with Crippen molar-refractivity contribution in [3.8, 4) is 0 Å². The lowest BCUT2D eigenvalue weighted by Gasteiger charge is -2.37. The van der Waals surface area contributed by atoms with Crippen LogP contribution in [0.2, 0.25) is 0 Å². The smallest absolute Gasteiger partial charge is 0.00464 e. The van der Waals surface area contributed by atoms with Crippen LogP contribution in [0.25, 0.3) is 0 Å². The van der Waals surface area contributed by atoms with Gasteiger partial charge in [0.05, 0.1) is 0 Å². The predicted octanol–water partition coefficient (Wildman–Crippen LogP) is 2.58. The van der Waals surface area contributed by atoms with E-state index >= 15 is 0 Å². The van der Waals surface area contributed by atoms with Crippen molar-refractivity contribution < 1.29 is 0 Å². The summed E-state index contributed by atoms with van der Waals surface area (Å²) >= 11 is 0. The fourth-order valence-electron chi connectivity index (χ4n) is 2.42. The van der Waals surface area contributed by atoms with Gasteiger partial charge in [0.2, 0.25) is 0 Å². The molecule has 0 radical (unpaired) electrons. The maximum atomic E-state index is 5.90. The maximum absolute atomic E-state index is 5.90. The van der Waals surface area contributed by atoms with Gasteiger partial charge in [0.25, 0.3) is 0 Å². The molecule has 1 saturated carbocycles. The molecule has 2 N–H and O–H groups in total. The summed E-state index contributed by atoms with van der Waals surface area (Å²) in [4.78, 5) is 0. The highest BCUT2D eigenvalue weighted by Crippen LogP contribution is 2.37. The Bertz CT molecular complexity index is 111. The SMILES string of the molecule is CC1CC(N)CC(C)(C)C1.Cl. The third-order valence-electron chi connectivity index (χ3n) is 2.42. The Kier molecular flexibility index (Phi) is 3.86. The molecular formula is C9H20ClN. The van der Waals surface area contributed by atoms with E-state index in [2.05, 4.69) is 20.8 Å². The second-order valence-electron chi connectivity index (χ2n) is 4.67. The van der Waals surface area contributed by atoms with Crippen LogP contribution < -0.4 is 5.73 Å². The lowest BCUT2D eigenvalue weighted by atomic mass is 9.71. The third-order valence-corrected chi connectivity index (χ3v) is 2.42. The molecule has 11 heavy (non-hydrogen) atoms. The van der Waals surface area contributed by atoms with Crippen LogP contribution in [0.5, 0.6) is 0 Å². The molecule has 1 aliphatic rings. The van der Waals surface area contributed by atoms with Crippen molar-refractivity contribution in [3.63, 3.8) is 0 Å². The van der Waals surface area contributed by atoms with Gasteiger partial charge in [-0.3, -0.25) is 0 Å². The minimum Gasteiger partial charge on any atom is -0.328 e. The molecule has 0 saturated heterocycles. The van der Waals surface area contributed by atoms with E-state index in [1.165, 1.54) is 19.3 Å². The van der Waals surface area contributed by atoms with E-state index in [4.69, 9.17) is 5.73 Å². The Morgan fingerprint density at radius 3 is 2.18 bits per heavy atom. The quantitative estimate of drug-likeness (QED) is 0.605. The van der Waals surface area contributed by atoms with Gasteiger partial charge < -0.3 is 5.73 Å². The van der Waals surface area contributed by atoms with Crippen molar-refractivity contribution in [2.45, 2.75) is 46.1 Å². The summed E-state index contributed by atoms with van der Waals surface area (Å²) in [7, 11) is 0. The summed E-state index contributed by atoms with van der Waals surface area (Å²) in [6, 6.07) is 0.457. The molecule has 1 aliphatic carbocycles. The molecule has 0 aromatic carbocycles. The number of hydrogen-bond donors (Lipinski definition) is 1. The van der Waals surface area contributed by atoms with Gasteiger partial charge in [-0.25, -0.2) is 0 Å². The minimum absolute atomic E-state index is 0. The molecule has 1 nitrogen and oxygen atoms in total. The van der Waals surface area contributed by atoms with E-state index in [0.717, 1.165) is 5.92 Å². The molecule has 1 rings (SSSR count). The Morgan fingerprint density at radius 2 is 1.82 bits per heavy atom. The third kappa shape index (κ3) is 3.44. The lowest BCUT2D eigenvalue weighted by molar-refractivity contribution is 0.170. The van der Waals surface area contributed by atoms with Crippen molar-refractivity contribution in [3.05, 3.63) is 0 Å². The van der Waals surface area contributed by atoms with E-state index in [1.807, 2.05) is 0 Å². The zero-order valence-electron chi connectivity index (χ0n) is 7.76. The maximum Gasteiger partial charge on any atom is 0.00464 e. The summed E-state index contributed by atoms with van der Waals surface area (Å²) < 4.78 is 0. The predicted molar refractivity (Wildman–Crippen MR) is 52.0 cm³/mol. The first kappa shape index (κ1) is 11.2. The molecule has 0 heterocycles. The molecule has 68 valence electrons. The van der Waals surface area contributed by atoms with Crippen LogP contribution in [-0.2, 0) is 0 Å². The lowest BCUT2D eigenvalue weighted by Crippen LogP contribution is -2.36. The average molecular weight is 178 g/mol. The van der Waals surface area contributed by atoms with Crippen LogP contribution in [0.4, 0.5) is 0 Å². The van der Waals surface area contributed by atoms with Crippen LogP contribution in [0.1, 0.15) is 40.0 Å². The fraction of sp³-hybridized carbons (Fsp3) is 1.00. The van der Waals surface area contributed by atoms with Crippen LogP contribution >= 0.6 is 12.4 Å². The van der Waals surface area contributed by atoms with E-state index in [9.17, 15) is 0 Å². The first-order valence-corrected chi connectivity index (χ1v) is 4.25. The van der Waals surface area contributed by atoms with Crippen molar-refractivity contribution in [1.29, 1.82) is 0 Å². The average Bonchev–Trinajstić information content (AvgIpc) is 1.54. The van der Waals surface area contributed by atoms with Gasteiger partial charge in [-0.15, -0.1) is 12.4 Å². The number of hydrogen-bond acceptors (Lipinski definition) is 1. The Labute approximate surface area is 76.1 Å². The first-order chi connectivity index (χ1) is 4.49. The highest BCUT2D eigenvalue weighted by atomic mass is 35.5. The van der Waals surface area contributed by atoms with Crippen LogP contribution in [-0.4, -0.2) is 6.04 Å². The van der Waals surface area contributed by atoms with Crippen molar-refractivity contribution >= 4 is 12.4 Å². The summed E-state index contributed by atoms with van der Waals surface area (Å²) in [5, 5.41) is 0. The van der Waals surface area contributed by atoms with Crippen LogP contribution in [0.15, 0.2) is 0 Å². The molecular weight excluding hydrogens is 158 g/mol. The van der Waals surface area contributed by atoms with E-state index in [1.54, 1.807) is 0 Å². The van der Waals surface area contributed by atoms with E-state index in [0.29, 0.717) is 11.5 Å². The highest BCUT2D eigenvalue weighted by Gasteiger charge is 2.29. The first-order valence-electron chi connectivity index (χ1n) is 4.25. The molecule has 0 aliphatic heterocycles. The number of rotatable bonds is 0. The Morgan fingerprint density at radius 1 is 1.27 bits per heavy atom.